The van der Waals surface area contributed by atoms with Gasteiger partial charge >= 0.3 is 0 Å². The van der Waals surface area contributed by atoms with Gasteiger partial charge in [-0.1, -0.05) is 0 Å². The number of rotatable bonds is 3. The third-order valence-electron chi connectivity index (χ3n) is 4.82. The van der Waals surface area contributed by atoms with Crippen molar-refractivity contribution in [1.82, 2.24) is 14.9 Å². The molecule has 2 aliphatic rings. The lowest BCUT2D eigenvalue weighted by atomic mass is 10.1. The fourth-order valence-electron chi connectivity index (χ4n) is 3.74. The number of furan rings is 1. The van der Waals surface area contributed by atoms with Crippen molar-refractivity contribution < 1.29 is 9.15 Å². The minimum atomic E-state index is -0.00977. The van der Waals surface area contributed by atoms with Crippen molar-refractivity contribution in [2.24, 2.45) is 0 Å². The second-order valence-electron chi connectivity index (χ2n) is 7.02. The van der Waals surface area contributed by atoms with Gasteiger partial charge in [0.05, 0.1) is 30.7 Å². The van der Waals surface area contributed by atoms with Gasteiger partial charge in [0.1, 0.15) is 5.76 Å². The zero-order valence-corrected chi connectivity index (χ0v) is 14.7. The molecule has 2 aliphatic heterocycles. The largest absolute Gasteiger partial charge is 0.468 e. The highest BCUT2D eigenvalue weighted by Gasteiger charge is 2.27. The van der Waals surface area contributed by atoms with E-state index < -0.39 is 0 Å². The Morgan fingerprint density at radius 1 is 1.32 bits per heavy atom. The molecule has 2 aromatic rings. The Morgan fingerprint density at radius 2 is 2.12 bits per heavy atom. The van der Waals surface area contributed by atoms with Crippen LogP contribution in [0.15, 0.2) is 27.6 Å². The quantitative estimate of drug-likeness (QED) is 0.910. The van der Waals surface area contributed by atoms with Crippen molar-refractivity contribution >= 4 is 5.95 Å². The molecule has 2 aromatic heterocycles. The standard InChI is InChI=1S/C18H24N4O3/c1-12-8-22(9-13(2)25-12)18-19-16-11-21(10-14-4-3-7-24-14)6-5-15(16)17(23)20-18/h3-4,7,12-13H,5-6,8-11H2,1-2H3,(H,19,20,23). The van der Waals surface area contributed by atoms with Gasteiger partial charge in [-0.2, -0.15) is 0 Å². The maximum atomic E-state index is 12.5. The lowest BCUT2D eigenvalue weighted by Crippen LogP contribution is -2.47. The molecule has 0 amide bonds. The minimum absolute atomic E-state index is 0.00977. The van der Waals surface area contributed by atoms with Crippen molar-refractivity contribution in [2.75, 3.05) is 24.5 Å². The van der Waals surface area contributed by atoms with E-state index in [1.807, 2.05) is 26.0 Å². The number of hydrogen-bond acceptors (Lipinski definition) is 6. The molecule has 7 nitrogen and oxygen atoms in total. The van der Waals surface area contributed by atoms with Crippen LogP contribution in [0.25, 0.3) is 0 Å². The number of nitrogens with zero attached hydrogens (tertiary/aromatic N) is 3. The third kappa shape index (κ3) is 3.48. The molecule has 25 heavy (non-hydrogen) atoms. The molecule has 134 valence electrons. The third-order valence-corrected chi connectivity index (χ3v) is 4.82. The fourth-order valence-corrected chi connectivity index (χ4v) is 3.74. The van der Waals surface area contributed by atoms with Gasteiger partial charge in [0.15, 0.2) is 0 Å². The molecule has 0 aliphatic carbocycles. The van der Waals surface area contributed by atoms with E-state index in [1.165, 1.54) is 0 Å². The van der Waals surface area contributed by atoms with Gasteiger partial charge in [0.25, 0.3) is 5.56 Å². The van der Waals surface area contributed by atoms with Crippen molar-refractivity contribution in [3.05, 3.63) is 45.8 Å². The molecule has 2 unspecified atom stereocenters. The summed E-state index contributed by atoms with van der Waals surface area (Å²) in [5.41, 5.74) is 1.68. The summed E-state index contributed by atoms with van der Waals surface area (Å²) in [6.45, 7) is 7.81. The molecule has 7 heteroatoms. The highest BCUT2D eigenvalue weighted by molar-refractivity contribution is 5.35. The second kappa shape index (κ2) is 6.65. The minimum Gasteiger partial charge on any atom is -0.468 e. The molecule has 4 heterocycles. The molecular weight excluding hydrogens is 320 g/mol. The van der Waals surface area contributed by atoms with Gasteiger partial charge < -0.3 is 14.1 Å². The predicted octanol–water partition coefficient (Wildman–Crippen LogP) is 1.53. The molecule has 1 fully saturated rings. The molecule has 0 radical (unpaired) electrons. The highest BCUT2D eigenvalue weighted by Crippen LogP contribution is 2.21. The monoisotopic (exact) mass is 344 g/mol. The number of H-pyrrole nitrogens is 1. The Morgan fingerprint density at radius 3 is 2.84 bits per heavy atom. The number of nitrogens with one attached hydrogen (secondary N) is 1. The number of ether oxygens (including phenoxy) is 1. The van der Waals surface area contributed by atoms with Crippen molar-refractivity contribution in [3.63, 3.8) is 0 Å². The van der Waals surface area contributed by atoms with E-state index in [9.17, 15) is 4.79 Å². The lowest BCUT2D eigenvalue weighted by Gasteiger charge is -2.36. The summed E-state index contributed by atoms with van der Waals surface area (Å²) in [6, 6.07) is 3.87. The van der Waals surface area contributed by atoms with Gasteiger partial charge in [-0.15, -0.1) is 0 Å². The van der Waals surface area contributed by atoms with Crippen LogP contribution in [0.4, 0.5) is 5.95 Å². The first-order chi connectivity index (χ1) is 12.1. The normalized spacial score (nSPS) is 24.3. The van der Waals surface area contributed by atoms with Crippen molar-refractivity contribution in [2.45, 2.75) is 45.6 Å². The predicted molar refractivity (Wildman–Crippen MR) is 93.6 cm³/mol. The molecule has 2 atom stereocenters. The smallest absolute Gasteiger partial charge is 0.255 e. The van der Waals surface area contributed by atoms with E-state index in [0.29, 0.717) is 18.9 Å². The van der Waals surface area contributed by atoms with Crippen LogP contribution in [0.5, 0.6) is 0 Å². The Bertz CT molecular complexity index is 776. The maximum Gasteiger partial charge on any atom is 0.255 e. The van der Waals surface area contributed by atoms with Gasteiger partial charge in [0, 0.05) is 31.7 Å². The number of fused-ring (bicyclic) bond motifs is 1. The summed E-state index contributed by atoms with van der Waals surface area (Å²) in [5, 5.41) is 0. The number of hydrogen-bond donors (Lipinski definition) is 1. The molecule has 0 aromatic carbocycles. The van der Waals surface area contributed by atoms with E-state index in [1.54, 1.807) is 6.26 Å². The molecule has 0 spiro atoms. The summed E-state index contributed by atoms with van der Waals surface area (Å²) in [4.78, 5) is 24.7. The molecule has 1 saturated heterocycles. The van der Waals surface area contributed by atoms with Crippen LogP contribution in [0.2, 0.25) is 0 Å². The van der Waals surface area contributed by atoms with Gasteiger partial charge in [-0.05, 0) is 32.4 Å². The van der Waals surface area contributed by atoms with E-state index in [-0.39, 0.29) is 17.8 Å². The van der Waals surface area contributed by atoms with E-state index in [4.69, 9.17) is 14.1 Å². The SMILES string of the molecule is CC1CN(c2nc3c(c(=O)[nH]2)CCN(Cc2ccco2)C3)CC(C)O1. The van der Waals surface area contributed by atoms with Crippen LogP contribution in [0, 0.1) is 0 Å². The topological polar surface area (TPSA) is 74.6 Å². The van der Waals surface area contributed by atoms with Gasteiger partial charge in [-0.3, -0.25) is 14.7 Å². The van der Waals surface area contributed by atoms with Crippen molar-refractivity contribution in [3.8, 4) is 0 Å². The lowest BCUT2D eigenvalue weighted by molar-refractivity contribution is -0.00576. The van der Waals surface area contributed by atoms with Crippen LogP contribution in [-0.2, 0) is 24.2 Å². The summed E-state index contributed by atoms with van der Waals surface area (Å²) in [6.07, 6.45) is 2.66. The van der Waals surface area contributed by atoms with E-state index in [0.717, 1.165) is 43.2 Å². The van der Waals surface area contributed by atoms with E-state index in [2.05, 4.69) is 14.8 Å². The first-order valence-corrected chi connectivity index (χ1v) is 8.85. The number of aromatic amines is 1. The second-order valence-corrected chi connectivity index (χ2v) is 7.02. The molecular formula is C18H24N4O3. The first-order valence-electron chi connectivity index (χ1n) is 8.85. The Balaban J connectivity index is 1.56. The van der Waals surface area contributed by atoms with Crippen LogP contribution >= 0.6 is 0 Å². The highest BCUT2D eigenvalue weighted by atomic mass is 16.5. The van der Waals surface area contributed by atoms with Crippen molar-refractivity contribution in [1.29, 1.82) is 0 Å². The van der Waals surface area contributed by atoms with Gasteiger partial charge in [-0.25, -0.2) is 4.98 Å². The van der Waals surface area contributed by atoms with Crippen LogP contribution in [0.1, 0.15) is 30.9 Å². The summed E-state index contributed by atoms with van der Waals surface area (Å²) < 4.78 is 11.2. The van der Waals surface area contributed by atoms with E-state index >= 15 is 0 Å². The molecule has 0 saturated carbocycles. The van der Waals surface area contributed by atoms with Crippen LogP contribution in [-0.4, -0.2) is 46.7 Å². The number of aromatic nitrogens is 2. The zero-order valence-electron chi connectivity index (χ0n) is 14.7. The Labute approximate surface area is 146 Å². The Hall–Kier alpha value is -2.12. The summed E-state index contributed by atoms with van der Waals surface area (Å²) in [5.74, 6) is 1.59. The average molecular weight is 344 g/mol. The number of morpholine rings is 1. The molecule has 4 rings (SSSR count). The molecule has 0 bridgehead atoms. The zero-order chi connectivity index (χ0) is 17.4. The number of anilines is 1. The van der Waals surface area contributed by atoms with Gasteiger partial charge in [0.2, 0.25) is 5.95 Å². The van der Waals surface area contributed by atoms with Crippen LogP contribution < -0.4 is 10.5 Å². The fraction of sp³-hybridized carbons (Fsp3) is 0.556. The molecule has 1 N–H and O–H groups in total. The first kappa shape index (κ1) is 16.4. The average Bonchev–Trinajstić information content (AvgIpc) is 3.06. The maximum absolute atomic E-state index is 12.5. The summed E-state index contributed by atoms with van der Waals surface area (Å²) >= 11 is 0. The Kier molecular flexibility index (Phi) is 4.35. The van der Waals surface area contributed by atoms with Crippen LogP contribution in [0.3, 0.4) is 0 Å². The summed E-state index contributed by atoms with van der Waals surface area (Å²) in [7, 11) is 0.